The number of benzene rings is 1. The standard InChI is InChI=1S/C14H11F4N3O3S/c1-24-11(23)13(14(16,17)18,21-12-19-6-7-25-12)20-10(22)8-2-4-9(15)5-3-8/h2-7H,1H3,(H,19,21)(H,20,22)/t13-/m0/s1. The Morgan fingerprint density at radius 3 is 2.32 bits per heavy atom. The van der Waals surface area contributed by atoms with Crippen LogP contribution >= 0.6 is 11.3 Å². The zero-order chi connectivity index (χ0) is 18.7. The maximum Gasteiger partial charge on any atom is 0.442 e. The average Bonchev–Trinajstić information content (AvgIpc) is 3.05. The summed E-state index contributed by atoms with van der Waals surface area (Å²) in [6, 6.07) is 3.76. The number of methoxy groups -OCH3 is 1. The van der Waals surface area contributed by atoms with E-state index in [0.717, 1.165) is 42.7 Å². The van der Waals surface area contributed by atoms with Crippen molar-refractivity contribution in [2.75, 3.05) is 12.4 Å². The van der Waals surface area contributed by atoms with Crippen LogP contribution in [0, 0.1) is 5.82 Å². The van der Waals surface area contributed by atoms with E-state index in [1.54, 1.807) is 5.32 Å². The number of anilines is 1. The second-order valence-electron chi connectivity index (χ2n) is 4.66. The first-order chi connectivity index (χ1) is 11.7. The van der Waals surface area contributed by atoms with Crippen molar-refractivity contribution in [2.24, 2.45) is 0 Å². The van der Waals surface area contributed by atoms with Crippen molar-refractivity contribution in [1.29, 1.82) is 0 Å². The fourth-order valence-electron chi connectivity index (χ4n) is 1.83. The van der Waals surface area contributed by atoms with Crippen LogP contribution in [0.15, 0.2) is 35.8 Å². The monoisotopic (exact) mass is 377 g/mol. The number of carbonyl (C=O) groups excluding carboxylic acids is 2. The first-order valence-electron chi connectivity index (χ1n) is 6.60. The normalized spacial score (nSPS) is 13.6. The molecule has 0 unspecified atom stereocenters. The van der Waals surface area contributed by atoms with E-state index < -0.39 is 29.5 Å². The fraction of sp³-hybridized carbons (Fsp3) is 0.214. The maximum absolute atomic E-state index is 13.7. The summed E-state index contributed by atoms with van der Waals surface area (Å²) < 4.78 is 58.2. The smallest absolute Gasteiger partial charge is 0.442 e. The van der Waals surface area contributed by atoms with E-state index >= 15 is 0 Å². The molecule has 11 heteroatoms. The SMILES string of the molecule is COC(=O)[C@](NC(=O)c1ccc(F)cc1)(Nc1nccs1)C(F)(F)F. The van der Waals surface area contributed by atoms with Crippen LogP contribution in [-0.4, -0.2) is 35.8 Å². The quantitative estimate of drug-likeness (QED) is 0.476. The van der Waals surface area contributed by atoms with Gasteiger partial charge in [0, 0.05) is 17.1 Å². The number of hydrogen-bond donors (Lipinski definition) is 2. The molecule has 2 aromatic rings. The Morgan fingerprint density at radius 1 is 1.20 bits per heavy atom. The highest BCUT2D eigenvalue weighted by atomic mass is 32.1. The molecule has 0 saturated carbocycles. The lowest BCUT2D eigenvalue weighted by atomic mass is 10.1. The fourth-order valence-corrected chi connectivity index (χ4v) is 2.42. The number of thiazole rings is 1. The Bertz CT molecular complexity index is 750. The molecular weight excluding hydrogens is 366 g/mol. The van der Waals surface area contributed by atoms with Gasteiger partial charge in [0.1, 0.15) is 5.82 Å². The van der Waals surface area contributed by atoms with Crippen molar-refractivity contribution in [1.82, 2.24) is 10.3 Å². The van der Waals surface area contributed by atoms with Crippen LogP contribution < -0.4 is 10.6 Å². The number of alkyl halides is 3. The lowest BCUT2D eigenvalue weighted by Crippen LogP contribution is -2.69. The van der Waals surface area contributed by atoms with Crippen molar-refractivity contribution in [3.05, 3.63) is 47.2 Å². The van der Waals surface area contributed by atoms with Gasteiger partial charge in [0.15, 0.2) is 5.13 Å². The van der Waals surface area contributed by atoms with Crippen molar-refractivity contribution >= 4 is 28.3 Å². The van der Waals surface area contributed by atoms with Gasteiger partial charge in [-0.3, -0.25) is 4.79 Å². The number of nitrogens with one attached hydrogen (secondary N) is 2. The van der Waals surface area contributed by atoms with Crippen LogP contribution in [0.2, 0.25) is 0 Å². The molecule has 2 N–H and O–H groups in total. The van der Waals surface area contributed by atoms with E-state index in [2.05, 4.69) is 9.72 Å². The lowest BCUT2D eigenvalue weighted by Gasteiger charge is -2.34. The number of aromatic nitrogens is 1. The predicted molar refractivity (Wildman–Crippen MR) is 80.4 cm³/mol. The van der Waals surface area contributed by atoms with Crippen molar-refractivity contribution in [2.45, 2.75) is 11.8 Å². The first kappa shape index (κ1) is 18.6. The molecule has 0 aliphatic heterocycles. The van der Waals surface area contributed by atoms with Crippen molar-refractivity contribution in [3.8, 4) is 0 Å². The Hall–Kier alpha value is -2.69. The summed E-state index contributed by atoms with van der Waals surface area (Å²) in [5, 5.41) is 4.58. The molecule has 0 bridgehead atoms. The largest absolute Gasteiger partial charge is 0.466 e. The molecule has 1 aromatic heterocycles. The molecule has 1 aromatic carbocycles. The minimum Gasteiger partial charge on any atom is -0.466 e. The Labute approximate surface area is 142 Å². The summed E-state index contributed by atoms with van der Waals surface area (Å²) in [5.41, 5.74) is -3.84. The number of rotatable bonds is 5. The minimum absolute atomic E-state index is 0.262. The van der Waals surface area contributed by atoms with Crippen LogP contribution in [0.5, 0.6) is 0 Å². The van der Waals surface area contributed by atoms with Gasteiger partial charge in [-0.15, -0.1) is 11.3 Å². The van der Waals surface area contributed by atoms with Gasteiger partial charge in [-0.1, -0.05) is 0 Å². The van der Waals surface area contributed by atoms with E-state index in [4.69, 9.17) is 0 Å². The van der Waals surface area contributed by atoms with Gasteiger partial charge < -0.3 is 15.4 Å². The van der Waals surface area contributed by atoms with Crippen LogP contribution in [0.4, 0.5) is 22.7 Å². The number of hydrogen-bond acceptors (Lipinski definition) is 6. The van der Waals surface area contributed by atoms with Crippen molar-refractivity contribution < 1.29 is 31.9 Å². The summed E-state index contributed by atoms with van der Waals surface area (Å²) in [4.78, 5) is 27.7. The van der Waals surface area contributed by atoms with E-state index in [-0.39, 0.29) is 10.7 Å². The molecule has 134 valence electrons. The highest BCUT2D eigenvalue weighted by molar-refractivity contribution is 7.13. The van der Waals surface area contributed by atoms with Gasteiger partial charge in [0.05, 0.1) is 7.11 Å². The number of esters is 1. The van der Waals surface area contributed by atoms with Gasteiger partial charge in [-0.05, 0) is 24.3 Å². The molecule has 6 nitrogen and oxygen atoms in total. The zero-order valence-corrected chi connectivity index (χ0v) is 13.4. The molecule has 0 spiro atoms. The van der Waals surface area contributed by atoms with Crippen LogP contribution in [0.3, 0.4) is 0 Å². The summed E-state index contributed by atoms with van der Waals surface area (Å²) in [5.74, 6) is -3.72. The van der Waals surface area contributed by atoms with E-state index in [1.165, 1.54) is 11.6 Å². The first-order valence-corrected chi connectivity index (χ1v) is 7.48. The second-order valence-corrected chi connectivity index (χ2v) is 5.56. The van der Waals surface area contributed by atoms with E-state index in [1.807, 2.05) is 5.32 Å². The minimum atomic E-state index is -5.26. The molecule has 1 amide bonds. The number of halogens is 4. The van der Waals surface area contributed by atoms with E-state index in [0.29, 0.717) is 0 Å². The topological polar surface area (TPSA) is 80.3 Å². The van der Waals surface area contributed by atoms with Gasteiger partial charge in [0.25, 0.3) is 5.91 Å². The highest BCUT2D eigenvalue weighted by Gasteiger charge is 2.64. The number of carbonyl (C=O) groups is 2. The second kappa shape index (κ2) is 7.05. The number of ether oxygens (including phenoxy) is 1. The maximum atomic E-state index is 13.7. The predicted octanol–water partition coefficient (Wildman–Crippen LogP) is 2.56. The van der Waals surface area contributed by atoms with Crippen LogP contribution in [-0.2, 0) is 9.53 Å². The van der Waals surface area contributed by atoms with Gasteiger partial charge in [0.2, 0.25) is 0 Å². The van der Waals surface area contributed by atoms with Crippen LogP contribution in [0.25, 0.3) is 0 Å². The third-order valence-electron chi connectivity index (χ3n) is 3.05. The Morgan fingerprint density at radius 2 is 1.84 bits per heavy atom. The molecule has 25 heavy (non-hydrogen) atoms. The summed E-state index contributed by atoms with van der Waals surface area (Å²) >= 11 is 0.788. The third kappa shape index (κ3) is 3.87. The Kier molecular flexibility index (Phi) is 5.26. The third-order valence-corrected chi connectivity index (χ3v) is 3.74. The Balaban J connectivity index is 2.43. The summed E-state index contributed by atoms with van der Waals surface area (Å²) in [6.45, 7) is 0. The summed E-state index contributed by atoms with van der Waals surface area (Å²) in [7, 11) is 0.746. The van der Waals surface area contributed by atoms with E-state index in [9.17, 15) is 27.2 Å². The molecule has 0 aliphatic carbocycles. The molecule has 1 heterocycles. The van der Waals surface area contributed by atoms with Gasteiger partial charge in [-0.25, -0.2) is 14.2 Å². The molecule has 2 rings (SSSR count). The van der Waals surface area contributed by atoms with Crippen LogP contribution in [0.1, 0.15) is 10.4 Å². The molecule has 1 atom stereocenters. The number of nitrogens with zero attached hydrogens (tertiary/aromatic N) is 1. The molecular formula is C14H11F4N3O3S. The molecule has 0 saturated heterocycles. The molecule has 0 radical (unpaired) electrons. The van der Waals surface area contributed by atoms with Crippen molar-refractivity contribution in [3.63, 3.8) is 0 Å². The number of amides is 1. The summed E-state index contributed by atoms with van der Waals surface area (Å²) in [6.07, 6.45) is -4.05. The zero-order valence-electron chi connectivity index (χ0n) is 12.6. The van der Waals surface area contributed by atoms with Gasteiger partial charge >= 0.3 is 17.8 Å². The molecule has 0 aliphatic rings. The molecule has 0 fully saturated rings. The highest BCUT2D eigenvalue weighted by Crippen LogP contribution is 2.33. The lowest BCUT2D eigenvalue weighted by molar-refractivity contribution is -0.203. The van der Waals surface area contributed by atoms with Gasteiger partial charge in [-0.2, -0.15) is 13.2 Å². The average molecular weight is 377 g/mol.